The van der Waals surface area contributed by atoms with Crippen LogP contribution in [-0.2, 0) is 22.1 Å². The summed E-state index contributed by atoms with van der Waals surface area (Å²) in [6.45, 7) is 0. The molecule has 0 amide bonds. The Kier molecular flexibility index (Phi) is 4.28. The average molecular weight is 284 g/mol. The molecule has 0 spiro atoms. The molecule has 0 atom stereocenters. The fraction of sp³-hybridized carbons (Fsp3) is 0.400. The summed E-state index contributed by atoms with van der Waals surface area (Å²) in [6, 6.07) is 0.439. The van der Waals surface area contributed by atoms with Crippen molar-refractivity contribution in [3.63, 3.8) is 0 Å². The third-order valence-electron chi connectivity index (χ3n) is 2.20. The number of esters is 1. The van der Waals surface area contributed by atoms with E-state index in [0.717, 1.165) is 7.11 Å². The molecule has 106 valence electrons. The molecular formula is C10H9F5N2O2. The predicted octanol–water partition coefficient (Wildman–Crippen LogP) is 2.34. The maximum absolute atomic E-state index is 12.8. The van der Waals surface area contributed by atoms with Crippen LogP contribution in [0.5, 0.6) is 0 Å². The number of rotatable bonds is 3. The van der Waals surface area contributed by atoms with Crippen molar-refractivity contribution >= 4 is 11.8 Å². The lowest BCUT2D eigenvalue weighted by Gasteiger charge is -2.16. The number of anilines is 1. The number of nitrogens with two attached hydrogens (primary N) is 1. The second-order valence-corrected chi connectivity index (χ2v) is 3.51. The number of hydrogen-bond acceptors (Lipinski definition) is 4. The van der Waals surface area contributed by atoms with Crippen LogP contribution in [-0.4, -0.2) is 18.1 Å². The lowest BCUT2D eigenvalue weighted by atomic mass is 10.0. The zero-order valence-electron chi connectivity index (χ0n) is 9.59. The molecule has 0 fully saturated rings. The topological polar surface area (TPSA) is 65.2 Å². The van der Waals surface area contributed by atoms with Crippen molar-refractivity contribution in [1.82, 2.24) is 4.98 Å². The fourth-order valence-electron chi connectivity index (χ4n) is 1.48. The van der Waals surface area contributed by atoms with Gasteiger partial charge in [0.1, 0.15) is 5.82 Å². The summed E-state index contributed by atoms with van der Waals surface area (Å²) in [5.41, 5.74) is 1.33. The van der Waals surface area contributed by atoms with Gasteiger partial charge in [-0.05, 0) is 6.07 Å². The SMILES string of the molecule is COC(=O)Cc1nc(N)cc(C(F)F)c1C(F)(F)F. The molecule has 19 heavy (non-hydrogen) atoms. The van der Waals surface area contributed by atoms with Gasteiger partial charge in [-0.1, -0.05) is 0 Å². The molecule has 0 aliphatic carbocycles. The molecule has 0 radical (unpaired) electrons. The third-order valence-corrected chi connectivity index (χ3v) is 2.20. The first-order valence-corrected chi connectivity index (χ1v) is 4.88. The highest BCUT2D eigenvalue weighted by Gasteiger charge is 2.40. The van der Waals surface area contributed by atoms with E-state index in [9.17, 15) is 26.7 Å². The maximum atomic E-state index is 12.8. The molecule has 1 aromatic rings. The van der Waals surface area contributed by atoms with Gasteiger partial charge in [0.25, 0.3) is 6.43 Å². The number of carbonyl (C=O) groups excluding carboxylic acids is 1. The van der Waals surface area contributed by atoms with Gasteiger partial charge in [0, 0.05) is 5.56 Å². The minimum atomic E-state index is -5.07. The Morgan fingerprint density at radius 3 is 2.47 bits per heavy atom. The molecule has 0 saturated carbocycles. The van der Waals surface area contributed by atoms with Gasteiger partial charge < -0.3 is 10.5 Å². The highest BCUT2D eigenvalue weighted by molar-refractivity contribution is 5.72. The second-order valence-electron chi connectivity index (χ2n) is 3.51. The first-order valence-electron chi connectivity index (χ1n) is 4.88. The fourth-order valence-corrected chi connectivity index (χ4v) is 1.48. The van der Waals surface area contributed by atoms with Gasteiger partial charge >= 0.3 is 12.1 Å². The second kappa shape index (κ2) is 5.37. The van der Waals surface area contributed by atoms with E-state index in [1.807, 2.05) is 0 Å². The summed E-state index contributed by atoms with van der Waals surface area (Å²) in [7, 11) is 0.954. The molecule has 1 heterocycles. The summed E-state index contributed by atoms with van der Waals surface area (Å²) >= 11 is 0. The largest absolute Gasteiger partial charge is 0.469 e. The van der Waals surface area contributed by atoms with Crippen molar-refractivity contribution in [2.75, 3.05) is 12.8 Å². The monoisotopic (exact) mass is 284 g/mol. The van der Waals surface area contributed by atoms with Gasteiger partial charge in [0.05, 0.1) is 24.8 Å². The van der Waals surface area contributed by atoms with Crippen LogP contribution in [0.15, 0.2) is 6.07 Å². The van der Waals surface area contributed by atoms with Crippen LogP contribution in [0.4, 0.5) is 27.8 Å². The number of nitrogen functional groups attached to an aromatic ring is 1. The van der Waals surface area contributed by atoms with E-state index in [1.165, 1.54) is 0 Å². The quantitative estimate of drug-likeness (QED) is 0.683. The lowest BCUT2D eigenvalue weighted by molar-refractivity contribution is -0.142. The molecule has 0 aromatic carbocycles. The zero-order chi connectivity index (χ0) is 14.8. The zero-order valence-corrected chi connectivity index (χ0v) is 9.59. The summed E-state index contributed by atoms with van der Waals surface area (Å²) in [6.07, 6.45) is -9.36. The van der Waals surface area contributed by atoms with Gasteiger partial charge in [-0.15, -0.1) is 0 Å². The van der Waals surface area contributed by atoms with E-state index in [4.69, 9.17) is 5.73 Å². The number of alkyl halides is 5. The van der Waals surface area contributed by atoms with Crippen LogP contribution in [0.25, 0.3) is 0 Å². The Bertz CT molecular complexity index is 488. The molecule has 0 aliphatic rings. The normalized spacial score (nSPS) is 11.7. The van der Waals surface area contributed by atoms with Crippen molar-refractivity contribution in [3.05, 3.63) is 22.9 Å². The van der Waals surface area contributed by atoms with Crippen LogP contribution in [0.3, 0.4) is 0 Å². The van der Waals surface area contributed by atoms with Gasteiger partial charge in [0.15, 0.2) is 0 Å². The van der Waals surface area contributed by atoms with Crippen molar-refractivity contribution < 1.29 is 31.5 Å². The van der Waals surface area contributed by atoms with Crippen molar-refractivity contribution in [2.45, 2.75) is 19.0 Å². The third kappa shape index (κ3) is 3.52. The van der Waals surface area contributed by atoms with E-state index in [-0.39, 0.29) is 0 Å². The molecule has 0 bridgehead atoms. The minimum Gasteiger partial charge on any atom is -0.469 e. The van der Waals surface area contributed by atoms with Gasteiger partial charge in [-0.2, -0.15) is 13.2 Å². The van der Waals surface area contributed by atoms with E-state index in [0.29, 0.717) is 6.07 Å². The molecule has 0 aliphatic heterocycles. The number of ether oxygens (including phenoxy) is 1. The van der Waals surface area contributed by atoms with Gasteiger partial charge in [-0.25, -0.2) is 13.8 Å². The standard InChI is InChI=1S/C10H9F5N2O2/c1-19-7(18)3-5-8(10(13,14)15)4(9(11)12)2-6(16)17-5/h2,9H,3H2,1H3,(H2,16,17). The Labute approximate surface area is 104 Å². The molecule has 0 unspecified atom stereocenters. The Morgan fingerprint density at radius 1 is 1.47 bits per heavy atom. The summed E-state index contributed by atoms with van der Waals surface area (Å²) in [5, 5.41) is 0. The van der Waals surface area contributed by atoms with Gasteiger partial charge in [-0.3, -0.25) is 4.79 Å². The Balaban J connectivity index is 3.47. The van der Waals surface area contributed by atoms with E-state index >= 15 is 0 Å². The van der Waals surface area contributed by atoms with Gasteiger partial charge in [0.2, 0.25) is 0 Å². The number of halogens is 5. The number of hydrogen-bond donors (Lipinski definition) is 1. The number of pyridine rings is 1. The molecule has 9 heteroatoms. The average Bonchev–Trinajstić information content (AvgIpc) is 2.25. The lowest BCUT2D eigenvalue weighted by Crippen LogP contribution is -2.19. The number of carbonyl (C=O) groups is 1. The minimum absolute atomic E-state index is 0.439. The molecule has 1 aromatic heterocycles. The van der Waals surface area contributed by atoms with E-state index in [1.54, 1.807) is 0 Å². The maximum Gasteiger partial charge on any atom is 0.418 e. The Hall–Kier alpha value is -1.93. The molecule has 4 nitrogen and oxygen atoms in total. The van der Waals surface area contributed by atoms with Crippen molar-refractivity contribution in [1.29, 1.82) is 0 Å². The molecule has 1 rings (SSSR count). The number of methoxy groups -OCH3 is 1. The van der Waals surface area contributed by atoms with E-state index in [2.05, 4.69) is 9.72 Å². The van der Waals surface area contributed by atoms with Crippen LogP contribution < -0.4 is 5.73 Å². The summed E-state index contributed by atoms with van der Waals surface area (Å²) in [4.78, 5) is 14.3. The van der Waals surface area contributed by atoms with E-state index < -0.39 is 47.6 Å². The summed E-state index contributed by atoms with van der Waals surface area (Å²) < 4.78 is 67.8. The van der Waals surface area contributed by atoms with Crippen LogP contribution in [0.2, 0.25) is 0 Å². The Morgan fingerprint density at radius 2 is 2.05 bits per heavy atom. The first kappa shape index (κ1) is 15.1. The summed E-state index contributed by atoms with van der Waals surface area (Å²) in [5.74, 6) is -1.56. The van der Waals surface area contributed by atoms with Crippen LogP contribution in [0.1, 0.15) is 23.2 Å². The smallest absolute Gasteiger partial charge is 0.418 e. The van der Waals surface area contributed by atoms with Crippen molar-refractivity contribution in [3.8, 4) is 0 Å². The first-order chi connectivity index (χ1) is 8.66. The van der Waals surface area contributed by atoms with Crippen LogP contribution in [0, 0.1) is 0 Å². The van der Waals surface area contributed by atoms with Crippen molar-refractivity contribution in [2.24, 2.45) is 0 Å². The number of aromatic nitrogens is 1. The number of nitrogens with zero attached hydrogens (tertiary/aromatic N) is 1. The van der Waals surface area contributed by atoms with Crippen LogP contribution >= 0.6 is 0 Å². The highest BCUT2D eigenvalue weighted by atomic mass is 19.4. The molecule has 2 N–H and O–H groups in total. The predicted molar refractivity (Wildman–Crippen MR) is 54.3 cm³/mol. The molecule has 0 saturated heterocycles. The highest BCUT2D eigenvalue weighted by Crippen LogP contribution is 2.39. The molecular weight excluding hydrogens is 275 g/mol.